The first-order chi connectivity index (χ1) is 29.1. The highest BCUT2D eigenvalue weighted by Gasteiger charge is 2.47. The molecule has 13 rings (SSSR count). The van der Waals surface area contributed by atoms with Crippen molar-refractivity contribution in [1.82, 2.24) is 9.88 Å². The number of fused-ring (bicyclic) bond motifs is 13. The summed E-state index contributed by atoms with van der Waals surface area (Å²) < 4.78 is 2.51. The van der Waals surface area contributed by atoms with Gasteiger partial charge in [-0.25, -0.2) is 0 Å². The van der Waals surface area contributed by atoms with Gasteiger partial charge >= 0.3 is 0 Å². The predicted octanol–water partition coefficient (Wildman–Crippen LogP) is 13.7. The zero-order valence-corrected chi connectivity index (χ0v) is 32.4. The number of amidine groups is 1. The molecule has 1 aliphatic heterocycles. The van der Waals surface area contributed by atoms with E-state index in [0.29, 0.717) is 0 Å². The Balaban J connectivity index is 1.13. The standard InChI is InChI=1S/C56H37N3/c1-56(55-57-52(41-24-23-34-13-5-6-15-36(34)29-41)45-26-25-35-14-11-12-22-43(35)53(45)58-55)48-28-27-44-46-30-37-16-8-10-19-40(37)33-50(46)59(42-20-3-2-4-21-42)54(44)51(48)47-31-38-17-7-9-18-39(38)32-49(47)56/h2-33,53H,1H3,(H,57,58). The maximum Gasteiger partial charge on any atom is 0.117 e. The first kappa shape index (κ1) is 32.6. The van der Waals surface area contributed by atoms with Crippen LogP contribution in [0, 0.1) is 0 Å². The van der Waals surface area contributed by atoms with E-state index in [4.69, 9.17) is 4.99 Å². The summed E-state index contributed by atoms with van der Waals surface area (Å²) >= 11 is 0. The van der Waals surface area contributed by atoms with Crippen molar-refractivity contribution in [3.8, 4) is 16.8 Å². The van der Waals surface area contributed by atoms with E-state index in [0.717, 1.165) is 22.8 Å². The molecule has 3 heteroatoms. The summed E-state index contributed by atoms with van der Waals surface area (Å²) in [6, 6.07) is 66.9. The van der Waals surface area contributed by atoms with Crippen LogP contribution in [0.25, 0.3) is 82.7 Å². The molecular weight excluding hydrogens is 715 g/mol. The molecule has 9 aromatic carbocycles. The lowest BCUT2D eigenvalue weighted by molar-refractivity contribution is 0.727. The second kappa shape index (κ2) is 12.0. The van der Waals surface area contributed by atoms with Crippen LogP contribution in [0.4, 0.5) is 0 Å². The van der Waals surface area contributed by atoms with Gasteiger partial charge in [0.05, 0.1) is 22.1 Å². The monoisotopic (exact) mass is 751 g/mol. The van der Waals surface area contributed by atoms with Crippen LogP contribution in [0.2, 0.25) is 0 Å². The quantitative estimate of drug-likeness (QED) is 0.191. The summed E-state index contributed by atoms with van der Waals surface area (Å²) in [5, 5.41) is 14.0. The van der Waals surface area contributed by atoms with Crippen molar-refractivity contribution in [3.05, 3.63) is 221 Å². The van der Waals surface area contributed by atoms with Gasteiger partial charge in [-0.3, -0.25) is 4.99 Å². The van der Waals surface area contributed by atoms with Crippen molar-refractivity contribution < 1.29 is 0 Å². The highest BCUT2D eigenvalue weighted by atomic mass is 15.1. The van der Waals surface area contributed by atoms with Crippen LogP contribution >= 0.6 is 0 Å². The van der Waals surface area contributed by atoms with Gasteiger partial charge in [-0.05, 0) is 115 Å². The van der Waals surface area contributed by atoms with E-state index in [2.05, 4.69) is 211 Å². The Bertz CT molecular complexity index is 3550. The van der Waals surface area contributed by atoms with Crippen LogP contribution in [-0.2, 0) is 5.41 Å². The van der Waals surface area contributed by atoms with Crippen molar-refractivity contribution in [2.75, 3.05) is 0 Å². The third-order valence-electron chi connectivity index (χ3n) is 13.4. The van der Waals surface area contributed by atoms with E-state index < -0.39 is 5.41 Å². The second-order valence-corrected chi connectivity index (χ2v) is 16.5. The van der Waals surface area contributed by atoms with Gasteiger partial charge in [-0.15, -0.1) is 0 Å². The summed E-state index contributed by atoms with van der Waals surface area (Å²) in [5.74, 6) is 0.960. The van der Waals surface area contributed by atoms with E-state index in [1.54, 1.807) is 0 Å². The van der Waals surface area contributed by atoms with E-state index in [1.807, 2.05) is 0 Å². The number of hydrogen-bond acceptors (Lipinski definition) is 2. The Morgan fingerprint density at radius 2 is 1.20 bits per heavy atom. The fraction of sp³-hybridized carbons (Fsp3) is 0.0536. The molecule has 3 aliphatic rings. The van der Waals surface area contributed by atoms with Crippen molar-refractivity contribution in [2.24, 2.45) is 4.99 Å². The van der Waals surface area contributed by atoms with Gasteiger partial charge in [0.1, 0.15) is 11.9 Å². The molecule has 2 aliphatic carbocycles. The number of rotatable bonds is 3. The third-order valence-corrected chi connectivity index (χ3v) is 13.4. The summed E-state index contributed by atoms with van der Waals surface area (Å²) in [6.07, 6.45) is 4.53. The highest BCUT2D eigenvalue weighted by molar-refractivity contribution is 6.21. The lowest BCUT2D eigenvalue weighted by Gasteiger charge is -2.37. The molecule has 0 fully saturated rings. The molecule has 0 saturated carbocycles. The Labute approximate surface area is 341 Å². The van der Waals surface area contributed by atoms with E-state index in [9.17, 15) is 0 Å². The van der Waals surface area contributed by atoms with Crippen molar-refractivity contribution in [3.63, 3.8) is 0 Å². The van der Waals surface area contributed by atoms with Gasteiger partial charge in [-0.2, -0.15) is 0 Å². The Hall–Kier alpha value is -7.49. The largest absolute Gasteiger partial charge is 0.342 e. The molecule has 2 atom stereocenters. The first-order valence-corrected chi connectivity index (χ1v) is 20.6. The molecular formula is C56H37N3. The molecule has 3 nitrogen and oxygen atoms in total. The number of aromatic nitrogens is 1. The van der Waals surface area contributed by atoms with Crippen LogP contribution in [0.15, 0.2) is 199 Å². The van der Waals surface area contributed by atoms with Gasteiger partial charge in [0.2, 0.25) is 0 Å². The minimum Gasteiger partial charge on any atom is -0.342 e. The number of para-hydroxylation sites is 1. The van der Waals surface area contributed by atoms with Crippen LogP contribution in [0.3, 0.4) is 0 Å². The molecule has 2 heterocycles. The van der Waals surface area contributed by atoms with Crippen LogP contribution in [-0.4, -0.2) is 10.4 Å². The molecule has 59 heavy (non-hydrogen) atoms. The third kappa shape index (κ3) is 4.56. The van der Waals surface area contributed by atoms with Gasteiger partial charge in [0, 0.05) is 27.6 Å². The number of nitrogens with one attached hydrogen (secondary N) is 1. The molecule has 276 valence electrons. The Kier molecular flexibility index (Phi) is 6.64. The molecule has 0 radical (unpaired) electrons. The van der Waals surface area contributed by atoms with E-state index in [-0.39, 0.29) is 6.04 Å². The molecule has 2 unspecified atom stereocenters. The fourth-order valence-corrected chi connectivity index (χ4v) is 10.5. The topological polar surface area (TPSA) is 29.3 Å². The Morgan fingerprint density at radius 3 is 2.00 bits per heavy atom. The summed E-state index contributed by atoms with van der Waals surface area (Å²) in [4.78, 5) is 5.84. The first-order valence-electron chi connectivity index (χ1n) is 20.6. The molecule has 0 bridgehead atoms. The molecule has 0 spiro atoms. The van der Waals surface area contributed by atoms with Crippen LogP contribution < -0.4 is 5.32 Å². The predicted molar refractivity (Wildman–Crippen MR) is 247 cm³/mol. The van der Waals surface area contributed by atoms with Crippen LogP contribution in [0.1, 0.15) is 40.8 Å². The molecule has 10 aromatic rings. The second-order valence-electron chi connectivity index (χ2n) is 16.5. The van der Waals surface area contributed by atoms with Crippen LogP contribution in [0.5, 0.6) is 0 Å². The van der Waals surface area contributed by atoms with Gasteiger partial charge < -0.3 is 9.88 Å². The highest BCUT2D eigenvalue weighted by Crippen LogP contribution is 2.56. The summed E-state index contributed by atoms with van der Waals surface area (Å²) in [5.41, 5.74) is 13.9. The SMILES string of the molecule is CC1(C2=NC3C(=C(c4ccc5ccccc5c4)N2)C=Cc2ccccc23)c2cc3ccccc3cc2-c2c1ccc1c3cc4ccccc4cc3n(-c3ccccc3)c21. The Morgan fingerprint density at radius 1 is 0.542 bits per heavy atom. The lowest BCUT2D eigenvalue weighted by Crippen LogP contribution is -2.44. The summed E-state index contributed by atoms with van der Waals surface area (Å²) in [6.45, 7) is 2.40. The van der Waals surface area contributed by atoms with Crippen molar-refractivity contribution >= 4 is 71.7 Å². The minimum atomic E-state index is -0.616. The number of nitrogens with zero attached hydrogens (tertiary/aromatic N) is 2. The van der Waals surface area contributed by atoms with Gasteiger partial charge in [0.15, 0.2) is 0 Å². The zero-order valence-electron chi connectivity index (χ0n) is 32.4. The lowest BCUT2D eigenvalue weighted by atomic mass is 9.76. The number of benzene rings is 9. The molecule has 0 saturated heterocycles. The van der Waals surface area contributed by atoms with Crippen molar-refractivity contribution in [1.29, 1.82) is 0 Å². The minimum absolute atomic E-state index is 0.161. The van der Waals surface area contributed by atoms with E-state index in [1.165, 1.54) is 93.1 Å². The van der Waals surface area contributed by atoms with Crippen molar-refractivity contribution in [2.45, 2.75) is 18.4 Å². The zero-order chi connectivity index (χ0) is 38.8. The average Bonchev–Trinajstić information content (AvgIpc) is 3.75. The smallest absolute Gasteiger partial charge is 0.117 e. The van der Waals surface area contributed by atoms with Gasteiger partial charge in [-0.1, -0.05) is 152 Å². The molecule has 1 aromatic heterocycles. The molecule has 0 amide bonds. The normalized spacial score (nSPS) is 17.9. The van der Waals surface area contributed by atoms with E-state index >= 15 is 0 Å². The fourth-order valence-electron chi connectivity index (χ4n) is 10.5. The maximum atomic E-state index is 5.84. The average molecular weight is 752 g/mol. The number of aliphatic imine (C=N–C) groups is 1. The molecule has 1 N–H and O–H groups in total. The van der Waals surface area contributed by atoms with Gasteiger partial charge in [0.25, 0.3) is 0 Å². The number of hydrogen-bond donors (Lipinski definition) is 1. The maximum absolute atomic E-state index is 5.84. The summed E-state index contributed by atoms with van der Waals surface area (Å²) in [7, 11) is 0.